The van der Waals surface area contributed by atoms with Crippen LogP contribution in [-0.2, 0) is 7.05 Å². The summed E-state index contributed by atoms with van der Waals surface area (Å²) < 4.78 is 1.93. The van der Waals surface area contributed by atoms with Gasteiger partial charge in [-0.25, -0.2) is 9.97 Å². The van der Waals surface area contributed by atoms with E-state index in [-0.39, 0.29) is 0 Å². The zero-order valence-corrected chi connectivity index (χ0v) is 11.5. The first kappa shape index (κ1) is 12.3. The van der Waals surface area contributed by atoms with E-state index in [0.717, 1.165) is 28.8 Å². The molecular weight excluding hydrogens is 238 g/mol. The molecule has 4 nitrogen and oxygen atoms in total. The lowest BCUT2D eigenvalue weighted by atomic mass is 9.88. The van der Waals surface area contributed by atoms with Gasteiger partial charge < -0.3 is 4.57 Å². The third-order valence-electron chi connectivity index (χ3n) is 4.14. The minimum atomic E-state index is 0.492. The summed E-state index contributed by atoms with van der Waals surface area (Å²) in [5.74, 6) is 1.45. The second-order valence-electron chi connectivity index (χ2n) is 5.51. The molecule has 3 rings (SSSR count). The number of aldehydes is 1. The smallest absolute Gasteiger partial charge is 0.152 e. The first-order chi connectivity index (χ1) is 9.20. The highest BCUT2D eigenvalue weighted by atomic mass is 16.1. The molecule has 0 aromatic carbocycles. The molecule has 2 heterocycles. The molecule has 0 saturated heterocycles. The Bertz CT molecular complexity index is 624. The molecule has 0 bridgehead atoms. The predicted octanol–water partition coefficient (Wildman–Crippen LogP) is 3.14. The SMILES string of the molecule is Cc1nc(C2CCCCC2)nc2c1c(C=O)cn2C. The van der Waals surface area contributed by atoms with Crippen molar-refractivity contribution in [1.82, 2.24) is 14.5 Å². The summed E-state index contributed by atoms with van der Waals surface area (Å²) in [5.41, 5.74) is 2.49. The van der Waals surface area contributed by atoms with Crippen molar-refractivity contribution in [3.05, 3.63) is 23.3 Å². The van der Waals surface area contributed by atoms with Gasteiger partial charge >= 0.3 is 0 Å². The molecule has 0 spiro atoms. The summed E-state index contributed by atoms with van der Waals surface area (Å²) in [6, 6.07) is 0. The van der Waals surface area contributed by atoms with Crippen LogP contribution in [0.2, 0.25) is 0 Å². The maximum absolute atomic E-state index is 11.1. The van der Waals surface area contributed by atoms with Gasteiger partial charge in [-0.3, -0.25) is 4.79 Å². The highest BCUT2D eigenvalue weighted by molar-refractivity contribution is 5.97. The zero-order chi connectivity index (χ0) is 13.4. The van der Waals surface area contributed by atoms with Crippen LogP contribution in [0.15, 0.2) is 6.20 Å². The van der Waals surface area contributed by atoms with E-state index in [1.165, 1.54) is 32.1 Å². The summed E-state index contributed by atoms with van der Waals surface area (Å²) in [7, 11) is 1.94. The summed E-state index contributed by atoms with van der Waals surface area (Å²) in [6.07, 6.45) is 8.99. The van der Waals surface area contributed by atoms with Crippen molar-refractivity contribution in [2.45, 2.75) is 44.9 Å². The number of hydrogen-bond acceptors (Lipinski definition) is 3. The maximum Gasteiger partial charge on any atom is 0.152 e. The van der Waals surface area contributed by atoms with Gasteiger partial charge in [-0.05, 0) is 19.8 Å². The maximum atomic E-state index is 11.1. The van der Waals surface area contributed by atoms with E-state index in [4.69, 9.17) is 4.98 Å². The number of carbonyl (C=O) groups excluding carboxylic acids is 1. The quantitative estimate of drug-likeness (QED) is 0.776. The molecule has 1 fully saturated rings. The van der Waals surface area contributed by atoms with Crippen LogP contribution in [0.25, 0.3) is 11.0 Å². The van der Waals surface area contributed by atoms with Crippen molar-refractivity contribution in [3.63, 3.8) is 0 Å². The van der Waals surface area contributed by atoms with Gasteiger partial charge in [-0.2, -0.15) is 0 Å². The van der Waals surface area contributed by atoms with Gasteiger partial charge in [0.2, 0.25) is 0 Å². The van der Waals surface area contributed by atoms with Gasteiger partial charge in [0.15, 0.2) is 6.29 Å². The fraction of sp³-hybridized carbons (Fsp3) is 0.533. The van der Waals surface area contributed by atoms with Crippen LogP contribution in [0, 0.1) is 6.92 Å². The van der Waals surface area contributed by atoms with Gasteiger partial charge in [-0.15, -0.1) is 0 Å². The number of aromatic nitrogens is 3. The lowest BCUT2D eigenvalue weighted by molar-refractivity contribution is 0.112. The molecule has 0 aliphatic heterocycles. The first-order valence-corrected chi connectivity index (χ1v) is 6.99. The van der Waals surface area contributed by atoms with Crippen molar-refractivity contribution in [1.29, 1.82) is 0 Å². The highest BCUT2D eigenvalue weighted by Crippen LogP contribution is 2.32. The van der Waals surface area contributed by atoms with Gasteiger partial charge in [0.1, 0.15) is 11.5 Å². The molecule has 4 heteroatoms. The number of nitrogens with zero attached hydrogens (tertiary/aromatic N) is 3. The van der Waals surface area contributed by atoms with Crippen LogP contribution in [-0.4, -0.2) is 20.8 Å². The Morgan fingerprint density at radius 3 is 2.68 bits per heavy atom. The Kier molecular flexibility index (Phi) is 3.09. The van der Waals surface area contributed by atoms with Gasteiger partial charge in [-0.1, -0.05) is 19.3 Å². The van der Waals surface area contributed by atoms with Crippen LogP contribution in [0.4, 0.5) is 0 Å². The molecule has 19 heavy (non-hydrogen) atoms. The second-order valence-corrected chi connectivity index (χ2v) is 5.51. The Balaban J connectivity index is 2.13. The number of rotatable bonds is 2. The summed E-state index contributed by atoms with van der Waals surface area (Å²) in [4.78, 5) is 20.5. The van der Waals surface area contributed by atoms with E-state index in [2.05, 4.69) is 4.98 Å². The Labute approximate surface area is 112 Å². The summed E-state index contributed by atoms with van der Waals surface area (Å²) in [6.45, 7) is 1.98. The topological polar surface area (TPSA) is 47.8 Å². The fourth-order valence-corrected chi connectivity index (χ4v) is 3.14. The molecule has 0 N–H and O–H groups in total. The van der Waals surface area contributed by atoms with Crippen molar-refractivity contribution < 1.29 is 4.79 Å². The van der Waals surface area contributed by atoms with E-state index in [1.54, 1.807) is 0 Å². The van der Waals surface area contributed by atoms with Crippen molar-refractivity contribution in [3.8, 4) is 0 Å². The Hall–Kier alpha value is -1.71. The number of fused-ring (bicyclic) bond motifs is 1. The van der Waals surface area contributed by atoms with Gasteiger partial charge in [0, 0.05) is 24.7 Å². The molecule has 1 saturated carbocycles. The molecule has 0 radical (unpaired) electrons. The van der Waals surface area contributed by atoms with Crippen LogP contribution in [0.3, 0.4) is 0 Å². The normalized spacial score (nSPS) is 16.9. The van der Waals surface area contributed by atoms with E-state index >= 15 is 0 Å². The third-order valence-corrected chi connectivity index (χ3v) is 4.14. The van der Waals surface area contributed by atoms with E-state index in [0.29, 0.717) is 11.5 Å². The number of carbonyl (C=O) groups is 1. The lowest BCUT2D eigenvalue weighted by Crippen LogP contribution is -2.10. The van der Waals surface area contributed by atoms with Crippen LogP contribution >= 0.6 is 0 Å². The monoisotopic (exact) mass is 257 g/mol. The molecule has 0 amide bonds. The second kappa shape index (κ2) is 4.76. The number of hydrogen-bond donors (Lipinski definition) is 0. The molecule has 0 atom stereocenters. The molecule has 100 valence electrons. The minimum Gasteiger partial charge on any atom is -0.335 e. The molecular formula is C15H19N3O. The Morgan fingerprint density at radius 2 is 2.00 bits per heavy atom. The van der Waals surface area contributed by atoms with Crippen molar-refractivity contribution in [2.75, 3.05) is 0 Å². The van der Waals surface area contributed by atoms with Crippen LogP contribution < -0.4 is 0 Å². The Morgan fingerprint density at radius 1 is 1.26 bits per heavy atom. The van der Waals surface area contributed by atoms with Gasteiger partial charge in [0.05, 0.1) is 11.1 Å². The molecule has 0 unspecified atom stereocenters. The highest BCUT2D eigenvalue weighted by Gasteiger charge is 2.21. The lowest BCUT2D eigenvalue weighted by Gasteiger charge is -2.20. The van der Waals surface area contributed by atoms with E-state index < -0.39 is 0 Å². The fourth-order valence-electron chi connectivity index (χ4n) is 3.14. The number of aryl methyl sites for hydroxylation is 2. The minimum absolute atomic E-state index is 0.492. The first-order valence-electron chi connectivity index (χ1n) is 6.99. The average Bonchev–Trinajstić information content (AvgIpc) is 2.77. The average molecular weight is 257 g/mol. The summed E-state index contributed by atoms with van der Waals surface area (Å²) in [5, 5.41) is 0.900. The van der Waals surface area contributed by atoms with E-state index in [9.17, 15) is 4.79 Å². The van der Waals surface area contributed by atoms with Gasteiger partial charge in [0.25, 0.3) is 0 Å². The standard InChI is InChI=1S/C15H19N3O/c1-10-13-12(9-19)8-18(2)15(13)17-14(16-10)11-6-4-3-5-7-11/h8-9,11H,3-7H2,1-2H3. The van der Waals surface area contributed by atoms with Crippen LogP contribution in [0.5, 0.6) is 0 Å². The molecule has 1 aliphatic rings. The van der Waals surface area contributed by atoms with Crippen LogP contribution in [0.1, 0.15) is 59.9 Å². The molecule has 1 aliphatic carbocycles. The van der Waals surface area contributed by atoms with Crippen molar-refractivity contribution in [2.24, 2.45) is 7.05 Å². The molecule has 2 aromatic heterocycles. The molecule has 2 aromatic rings. The summed E-state index contributed by atoms with van der Waals surface area (Å²) >= 11 is 0. The zero-order valence-electron chi connectivity index (χ0n) is 11.5. The van der Waals surface area contributed by atoms with Crippen molar-refractivity contribution >= 4 is 17.3 Å². The third kappa shape index (κ3) is 2.05. The van der Waals surface area contributed by atoms with E-state index in [1.807, 2.05) is 24.7 Å². The predicted molar refractivity (Wildman–Crippen MR) is 74.5 cm³/mol. The largest absolute Gasteiger partial charge is 0.335 e.